The molecule has 0 aromatic heterocycles. The Morgan fingerprint density at radius 1 is 1.25 bits per heavy atom. The lowest BCUT2D eigenvalue weighted by atomic mass is 9.68. The molecule has 2 bridgehead atoms. The van der Waals surface area contributed by atoms with Gasteiger partial charge in [0.05, 0.1) is 6.61 Å². The third-order valence-electron chi connectivity index (χ3n) is 4.04. The van der Waals surface area contributed by atoms with Crippen molar-refractivity contribution in [2.45, 2.75) is 55.0 Å². The predicted octanol–water partition coefficient (Wildman–Crippen LogP) is 3.35. The molecule has 3 fully saturated rings. The Bertz CT molecular complexity index is 253. The van der Waals surface area contributed by atoms with Crippen molar-refractivity contribution in [3.63, 3.8) is 0 Å². The van der Waals surface area contributed by atoms with E-state index in [9.17, 15) is 4.79 Å². The molecule has 3 nitrogen and oxygen atoms in total. The van der Waals surface area contributed by atoms with E-state index in [1.165, 1.54) is 25.7 Å². The van der Waals surface area contributed by atoms with Gasteiger partial charge in [-0.15, -0.1) is 0 Å². The van der Waals surface area contributed by atoms with Crippen LogP contribution in [0.15, 0.2) is 0 Å². The summed E-state index contributed by atoms with van der Waals surface area (Å²) < 4.78 is 6.04. The van der Waals surface area contributed by atoms with Crippen LogP contribution >= 0.6 is 22.6 Å². The van der Waals surface area contributed by atoms with E-state index in [2.05, 4.69) is 22.6 Å². The van der Waals surface area contributed by atoms with Gasteiger partial charge in [-0.3, -0.25) is 4.79 Å². The molecule has 0 radical (unpaired) electrons. The third kappa shape index (κ3) is 2.88. The molecule has 1 aliphatic carbocycles. The number of fused-ring (bicyclic) bond motifs is 3. The van der Waals surface area contributed by atoms with Crippen molar-refractivity contribution < 1.29 is 14.6 Å². The molecule has 2 heterocycles. The minimum atomic E-state index is -0.674. The lowest BCUT2D eigenvalue weighted by Gasteiger charge is -2.51. The number of alkyl halides is 1. The summed E-state index contributed by atoms with van der Waals surface area (Å²) in [6.07, 6.45) is 8.18. The Balaban J connectivity index is 1.75. The first-order chi connectivity index (χ1) is 7.54. The summed E-state index contributed by atoms with van der Waals surface area (Å²) in [7, 11) is 0. The summed E-state index contributed by atoms with van der Waals surface area (Å²) in [6.45, 7) is 0.892. The van der Waals surface area contributed by atoms with Gasteiger partial charge in [-0.2, -0.15) is 0 Å². The Morgan fingerprint density at radius 3 is 2.44 bits per heavy atom. The fraction of sp³-hybridized carbons (Fsp3) is 0.917. The van der Waals surface area contributed by atoms with E-state index in [4.69, 9.17) is 9.84 Å². The molecule has 2 saturated heterocycles. The van der Waals surface area contributed by atoms with E-state index in [1.807, 2.05) is 0 Å². The maximum Gasteiger partial charge on any atom is 0.303 e. The maximum atomic E-state index is 10.4. The SMILES string of the molecule is O=C(O)CCCCC12CCC(I)(CC1)OC2. The quantitative estimate of drug-likeness (QED) is 0.475. The molecule has 0 aromatic rings. The lowest BCUT2D eigenvalue weighted by Crippen LogP contribution is -2.47. The zero-order valence-electron chi connectivity index (χ0n) is 9.51. The second-order valence-electron chi connectivity index (χ2n) is 5.27. The highest BCUT2D eigenvalue weighted by atomic mass is 127. The number of aliphatic carboxylic acids is 1. The number of unbranched alkanes of at least 4 members (excludes halogenated alkanes) is 1. The molecule has 2 aliphatic heterocycles. The van der Waals surface area contributed by atoms with Crippen LogP contribution in [0.4, 0.5) is 0 Å². The highest BCUT2D eigenvalue weighted by Gasteiger charge is 2.47. The van der Waals surface area contributed by atoms with Crippen LogP contribution < -0.4 is 0 Å². The van der Waals surface area contributed by atoms with Crippen molar-refractivity contribution in [2.24, 2.45) is 5.41 Å². The largest absolute Gasteiger partial charge is 0.481 e. The van der Waals surface area contributed by atoms with Gasteiger partial charge in [-0.05, 0) is 66.5 Å². The fourth-order valence-electron chi connectivity index (χ4n) is 2.82. The average Bonchev–Trinajstić information content (AvgIpc) is 2.27. The zero-order chi connectivity index (χ0) is 11.6. The smallest absolute Gasteiger partial charge is 0.303 e. The van der Waals surface area contributed by atoms with Gasteiger partial charge in [0.1, 0.15) is 3.61 Å². The van der Waals surface area contributed by atoms with Crippen LogP contribution in [0.1, 0.15) is 51.4 Å². The summed E-state index contributed by atoms with van der Waals surface area (Å²) in [4.78, 5) is 10.4. The topological polar surface area (TPSA) is 46.5 Å². The molecule has 0 spiro atoms. The van der Waals surface area contributed by atoms with Gasteiger partial charge < -0.3 is 9.84 Å². The Hall–Kier alpha value is 0.160. The van der Waals surface area contributed by atoms with Gasteiger partial charge in [0.25, 0.3) is 0 Å². The van der Waals surface area contributed by atoms with E-state index < -0.39 is 5.97 Å². The Labute approximate surface area is 110 Å². The number of carbonyl (C=O) groups is 1. The van der Waals surface area contributed by atoms with E-state index >= 15 is 0 Å². The number of ether oxygens (including phenoxy) is 1. The lowest BCUT2D eigenvalue weighted by molar-refractivity contribution is -0.137. The summed E-state index contributed by atoms with van der Waals surface area (Å²) in [5.74, 6) is -0.674. The molecule has 16 heavy (non-hydrogen) atoms. The Kier molecular flexibility index (Phi) is 3.79. The molecule has 1 saturated carbocycles. The molecule has 0 amide bonds. The Morgan fingerprint density at radius 2 is 1.94 bits per heavy atom. The monoisotopic (exact) mass is 338 g/mol. The summed E-state index contributed by atoms with van der Waals surface area (Å²) in [5, 5.41) is 8.59. The van der Waals surface area contributed by atoms with Gasteiger partial charge in [-0.25, -0.2) is 0 Å². The first kappa shape index (κ1) is 12.6. The highest BCUT2D eigenvalue weighted by Crippen LogP contribution is 2.53. The van der Waals surface area contributed by atoms with Crippen LogP contribution in [0.5, 0.6) is 0 Å². The number of carboxylic acids is 1. The summed E-state index contributed by atoms with van der Waals surface area (Å²) in [6, 6.07) is 0. The number of carboxylic acid groups (broad SMARTS) is 1. The molecule has 92 valence electrons. The molecular formula is C12H19IO3. The van der Waals surface area contributed by atoms with Gasteiger partial charge in [0.2, 0.25) is 0 Å². The highest BCUT2D eigenvalue weighted by molar-refractivity contribution is 14.1. The van der Waals surface area contributed by atoms with E-state index in [0.29, 0.717) is 11.8 Å². The van der Waals surface area contributed by atoms with E-state index in [-0.39, 0.29) is 3.61 Å². The first-order valence-electron chi connectivity index (χ1n) is 6.08. The van der Waals surface area contributed by atoms with Gasteiger partial charge in [0.15, 0.2) is 0 Å². The van der Waals surface area contributed by atoms with Crippen LogP contribution in [-0.4, -0.2) is 21.3 Å². The van der Waals surface area contributed by atoms with Gasteiger partial charge in [0, 0.05) is 6.42 Å². The van der Waals surface area contributed by atoms with E-state index in [0.717, 1.165) is 25.9 Å². The minimum absolute atomic E-state index is 0.126. The number of rotatable bonds is 5. The predicted molar refractivity (Wildman–Crippen MR) is 69.7 cm³/mol. The van der Waals surface area contributed by atoms with Crippen LogP contribution in [0, 0.1) is 5.41 Å². The van der Waals surface area contributed by atoms with Crippen molar-refractivity contribution >= 4 is 28.6 Å². The van der Waals surface area contributed by atoms with Crippen molar-refractivity contribution in [3.8, 4) is 0 Å². The molecule has 4 heteroatoms. The van der Waals surface area contributed by atoms with Crippen LogP contribution in [0.3, 0.4) is 0 Å². The third-order valence-corrected chi connectivity index (χ3v) is 5.43. The molecular weight excluding hydrogens is 319 g/mol. The van der Waals surface area contributed by atoms with Crippen LogP contribution in [0.25, 0.3) is 0 Å². The second kappa shape index (κ2) is 4.80. The number of halogens is 1. The van der Waals surface area contributed by atoms with Crippen molar-refractivity contribution in [3.05, 3.63) is 0 Å². The summed E-state index contributed by atoms with van der Waals surface area (Å²) in [5.41, 5.74) is 0.380. The fourth-order valence-corrected chi connectivity index (χ4v) is 3.52. The maximum absolute atomic E-state index is 10.4. The minimum Gasteiger partial charge on any atom is -0.481 e. The summed E-state index contributed by atoms with van der Waals surface area (Å²) >= 11 is 2.45. The molecule has 0 aromatic carbocycles. The number of hydrogen-bond acceptors (Lipinski definition) is 2. The molecule has 0 atom stereocenters. The van der Waals surface area contributed by atoms with Gasteiger partial charge in [-0.1, -0.05) is 6.42 Å². The molecule has 3 rings (SSSR count). The molecule has 0 unspecified atom stereocenters. The van der Waals surface area contributed by atoms with Crippen molar-refractivity contribution in [1.29, 1.82) is 0 Å². The van der Waals surface area contributed by atoms with Crippen LogP contribution in [-0.2, 0) is 9.53 Å². The van der Waals surface area contributed by atoms with Crippen molar-refractivity contribution in [1.82, 2.24) is 0 Å². The standard InChI is InChI=1S/C12H19IO3/c13-12-7-5-11(6-8-12,9-16-12)4-2-1-3-10(14)15/h1-9H2,(H,14,15). The normalized spacial score (nSPS) is 37.6. The molecule has 1 N–H and O–H groups in total. The second-order valence-corrected chi connectivity index (χ2v) is 7.24. The van der Waals surface area contributed by atoms with E-state index in [1.54, 1.807) is 0 Å². The first-order valence-corrected chi connectivity index (χ1v) is 7.16. The number of hydrogen-bond donors (Lipinski definition) is 1. The average molecular weight is 338 g/mol. The van der Waals surface area contributed by atoms with Crippen molar-refractivity contribution in [2.75, 3.05) is 6.61 Å². The molecule has 3 aliphatic rings. The van der Waals surface area contributed by atoms with Crippen LogP contribution in [0.2, 0.25) is 0 Å². The van der Waals surface area contributed by atoms with Gasteiger partial charge >= 0.3 is 5.97 Å². The zero-order valence-corrected chi connectivity index (χ0v) is 11.7.